The summed E-state index contributed by atoms with van der Waals surface area (Å²) in [4.78, 5) is 0. The van der Waals surface area contributed by atoms with Crippen molar-refractivity contribution in [2.75, 3.05) is 6.61 Å². The SMILES string of the molecule is OC[C@H]1O[C@@H](O)CC[C@H]1O. The van der Waals surface area contributed by atoms with Gasteiger partial charge in [-0.1, -0.05) is 0 Å². The molecule has 1 aliphatic rings. The fraction of sp³-hybridized carbons (Fsp3) is 1.00. The van der Waals surface area contributed by atoms with Crippen LogP contribution in [-0.2, 0) is 4.74 Å². The predicted octanol–water partition coefficient (Wildman–Crippen LogP) is -1.16. The fourth-order valence-corrected chi connectivity index (χ4v) is 1.02. The summed E-state index contributed by atoms with van der Waals surface area (Å²) in [5, 5.41) is 26.6. The number of ether oxygens (including phenoxy) is 1. The number of aliphatic hydroxyl groups excluding tert-OH is 3. The van der Waals surface area contributed by atoms with Crippen LogP contribution in [0.25, 0.3) is 0 Å². The third-order valence-corrected chi connectivity index (χ3v) is 1.65. The Kier molecular flexibility index (Phi) is 2.62. The predicted molar refractivity (Wildman–Crippen MR) is 33.2 cm³/mol. The molecule has 0 spiro atoms. The zero-order valence-corrected chi connectivity index (χ0v) is 5.60. The van der Waals surface area contributed by atoms with Crippen LogP contribution >= 0.6 is 0 Å². The Bertz CT molecular complexity index is 106. The van der Waals surface area contributed by atoms with E-state index in [9.17, 15) is 0 Å². The molecule has 1 rings (SSSR count). The number of aliphatic hydroxyl groups is 3. The highest BCUT2D eigenvalue weighted by Crippen LogP contribution is 2.17. The lowest BCUT2D eigenvalue weighted by molar-refractivity contribution is -0.207. The molecule has 0 radical (unpaired) electrons. The summed E-state index contributed by atoms with van der Waals surface area (Å²) in [6.45, 7) is -0.238. The Balaban J connectivity index is 2.38. The first-order chi connectivity index (χ1) is 4.74. The maximum absolute atomic E-state index is 9.09. The van der Waals surface area contributed by atoms with Crippen LogP contribution in [0.1, 0.15) is 12.8 Å². The van der Waals surface area contributed by atoms with Gasteiger partial charge in [-0.3, -0.25) is 0 Å². The van der Waals surface area contributed by atoms with Crippen molar-refractivity contribution in [1.82, 2.24) is 0 Å². The average Bonchev–Trinajstić information content (AvgIpc) is 1.94. The Hall–Kier alpha value is -0.160. The molecule has 3 atom stereocenters. The summed E-state index contributed by atoms with van der Waals surface area (Å²) in [7, 11) is 0. The zero-order valence-electron chi connectivity index (χ0n) is 5.60. The van der Waals surface area contributed by atoms with Crippen molar-refractivity contribution in [1.29, 1.82) is 0 Å². The second kappa shape index (κ2) is 3.30. The van der Waals surface area contributed by atoms with E-state index in [0.29, 0.717) is 12.8 Å². The van der Waals surface area contributed by atoms with Crippen molar-refractivity contribution in [2.45, 2.75) is 31.3 Å². The number of hydrogen-bond acceptors (Lipinski definition) is 4. The van der Waals surface area contributed by atoms with Crippen molar-refractivity contribution >= 4 is 0 Å². The molecule has 0 amide bonds. The van der Waals surface area contributed by atoms with E-state index < -0.39 is 18.5 Å². The molecule has 1 aliphatic heterocycles. The van der Waals surface area contributed by atoms with Crippen molar-refractivity contribution in [3.63, 3.8) is 0 Å². The zero-order chi connectivity index (χ0) is 7.56. The van der Waals surface area contributed by atoms with Gasteiger partial charge in [-0.2, -0.15) is 0 Å². The minimum atomic E-state index is -0.819. The molecular weight excluding hydrogens is 136 g/mol. The normalized spacial score (nSPS) is 41.7. The van der Waals surface area contributed by atoms with E-state index in [1.165, 1.54) is 0 Å². The molecule has 0 aromatic carbocycles. The van der Waals surface area contributed by atoms with Crippen LogP contribution in [0.5, 0.6) is 0 Å². The Morgan fingerprint density at radius 3 is 2.50 bits per heavy atom. The quantitative estimate of drug-likeness (QED) is 0.438. The molecule has 10 heavy (non-hydrogen) atoms. The van der Waals surface area contributed by atoms with Crippen LogP contribution in [0, 0.1) is 0 Å². The molecular formula is C6H12O4. The Labute approximate surface area is 59.1 Å². The van der Waals surface area contributed by atoms with Crippen LogP contribution in [0.4, 0.5) is 0 Å². The van der Waals surface area contributed by atoms with Crippen molar-refractivity contribution in [3.8, 4) is 0 Å². The highest BCUT2D eigenvalue weighted by Gasteiger charge is 2.27. The lowest BCUT2D eigenvalue weighted by atomic mass is 10.1. The first kappa shape index (κ1) is 7.94. The van der Waals surface area contributed by atoms with Gasteiger partial charge in [-0.05, 0) is 6.42 Å². The summed E-state index contributed by atoms with van der Waals surface area (Å²) in [6, 6.07) is 0. The Morgan fingerprint density at radius 2 is 2.00 bits per heavy atom. The molecule has 0 saturated carbocycles. The molecule has 60 valence electrons. The molecule has 3 N–H and O–H groups in total. The molecule has 4 heteroatoms. The number of hydrogen-bond donors (Lipinski definition) is 3. The number of rotatable bonds is 1. The highest BCUT2D eigenvalue weighted by molar-refractivity contribution is 4.73. The monoisotopic (exact) mass is 148 g/mol. The second-order valence-corrected chi connectivity index (χ2v) is 2.46. The fourth-order valence-electron chi connectivity index (χ4n) is 1.02. The van der Waals surface area contributed by atoms with Gasteiger partial charge in [0, 0.05) is 6.42 Å². The van der Waals surface area contributed by atoms with Gasteiger partial charge in [0.1, 0.15) is 6.10 Å². The smallest absolute Gasteiger partial charge is 0.155 e. The first-order valence-corrected chi connectivity index (χ1v) is 3.36. The minimum Gasteiger partial charge on any atom is -0.394 e. The molecule has 1 heterocycles. The van der Waals surface area contributed by atoms with E-state index in [1.807, 2.05) is 0 Å². The lowest BCUT2D eigenvalue weighted by Crippen LogP contribution is -2.40. The molecule has 0 aromatic heterocycles. The topological polar surface area (TPSA) is 69.9 Å². The summed E-state index contributed by atoms with van der Waals surface area (Å²) < 4.78 is 4.80. The summed E-state index contributed by atoms with van der Waals surface area (Å²) in [5.41, 5.74) is 0. The standard InChI is InChI=1S/C6H12O4/c7-3-5-4(8)1-2-6(9)10-5/h4-9H,1-3H2/t4-,5-,6-/m1/s1. The molecule has 0 bridgehead atoms. The summed E-state index contributed by atoms with van der Waals surface area (Å²) in [5.74, 6) is 0. The van der Waals surface area contributed by atoms with Gasteiger partial charge in [0.15, 0.2) is 6.29 Å². The minimum absolute atomic E-state index is 0.238. The third kappa shape index (κ3) is 1.67. The summed E-state index contributed by atoms with van der Waals surface area (Å²) in [6.07, 6.45) is -1.12. The largest absolute Gasteiger partial charge is 0.394 e. The average molecular weight is 148 g/mol. The van der Waals surface area contributed by atoms with Gasteiger partial charge in [-0.15, -0.1) is 0 Å². The Morgan fingerprint density at radius 1 is 1.30 bits per heavy atom. The van der Waals surface area contributed by atoms with Gasteiger partial charge < -0.3 is 20.1 Å². The van der Waals surface area contributed by atoms with E-state index in [-0.39, 0.29) is 6.61 Å². The molecule has 0 unspecified atom stereocenters. The summed E-state index contributed by atoms with van der Waals surface area (Å²) >= 11 is 0. The van der Waals surface area contributed by atoms with E-state index in [4.69, 9.17) is 20.1 Å². The lowest BCUT2D eigenvalue weighted by Gasteiger charge is -2.29. The third-order valence-electron chi connectivity index (χ3n) is 1.65. The van der Waals surface area contributed by atoms with E-state index >= 15 is 0 Å². The maximum atomic E-state index is 9.09. The van der Waals surface area contributed by atoms with E-state index in [2.05, 4.69) is 0 Å². The molecule has 0 aromatic rings. The molecule has 1 fully saturated rings. The van der Waals surface area contributed by atoms with Crippen LogP contribution < -0.4 is 0 Å². The van der Waals surface area contributed by atoms with Crippen LogP contribution in [0.3, 0.4) is 0 Å². The molecule has 4 nitrogen and oxygen atoms in total. The van der Waals surface area contributed by atoms with Gasteiger partial charge in [0.05, 0.1) is 12.7 Å². The van der Waals surface area contributed by atoms with E-state index in [0.717, 1.165) is 0 Å². The molecule has 0 aliphatic carbocycles. The van der Waals surface area contributed by atoms with Crippen molar-refractivity contribution < 1.29 is 20.1 Å². The van der Waals surface area contributed by atoms with Crippen molar-refractivity contribution in [3.05, 3.63) is 0 Å². The highest BCUT2D eigenvalue weighted by atomic mass is 16.6. The van der Waals surface area contributed by atoms with Crippen molar-refractivity contribution in [2.24, 2.45) is 0 Å². The first-order valence-electron chi connectivity index (χ1n) is 3.36. The second-order valence-electron chi connectivity index (χ2n) is 2.46. The van der Waals surface area contributed by atoms with Gasteiger partial charge in [-0.25, -0.2) is 0 Å². The van der Waals surface area contributed by atoms with E-state index in [1.54, 1.807) is 0 Å². The maximum Gasteiger partial charge on any atom is 0.155 e. The van der Waals surface area contributed by atoms with Gasteiger partial charge in [0.25, 0.3) is 0 Å². The van der Waals surface area contributed by atoms with Crippen LogP contribution in [-0.4, -0.2) is 40.4 Å². The molecule has 1 saturated heterocycles. The van der Waals surface area contributed by atoms with Gasteiger partial charge in [0.2, 0.25) is 0 Å². The van der Waals surface area contributed by atoms with Crippen LogP contribution in [0.15, 0.2) is 0 Å². The van der Waals surface area contributed by atoms with Crippen LogP contribution in [0.2, 0.25) is 0 Å². The van der Waals surface area contributed by atoms with Gasteiger partial charge >= 0.3 is 0 Å².